The molecule has 0 atom stereocenters. The predicted molar refractivity (Wildman–Crippen MR) is 149 cm³/mol. The minimum Gasteiger partial charge on any atom is -0.352 e. The summed E-state index contributed by atoms with van der Waals surface area (Å²) in [5.74, 6) is 0. The number of thiocarbonyl (C=S) groups is 2. The number of nitrogens with zero attached hydrogens (tertiary/aromatic N) is 2. The molecule has 170 valence electrons. The van der Waals surface area contributed by atoms with E-state index in [1.165, 1.54) is 22.3 Å². The van der Waals surface area contributed by atoms with Crippen LogP contribution in [-0.4, -0.2) is 19.8 Å². The molecule has 4 rings (SSSR count). The maximum absolute atomic E-state index is 6.05. The number of rotatable bonds is 8. The van der Waals surface area contributed by atoms with Crippen molar-refractivity contribution in [2.75, 3.05) is 0 Å². The van der Waals surface area contributed by atoms with Crippen molar-refractivity contribution < 1.29 is 0 Å². The van der Waals surface area contributed by atoms with Crippen LogP contribution >= 0.6 is 24.4 Å². The highest BCUT2D eigenvalue weighted by Crippen LogP contribution is 2.17. The van der Waals surface area contributed by atoms with Crippen molar-refractivity contribution in [2.45, 2.75) is 26.2 Å². The lowest BCUT2D eigenvalue weighted by molar-refractivity contribution is 0.392. The van der Waals surface area contributed by atoms with E-state index in [1.807, 2.05) is 24.3 Å². The van der Waals surface area contributed by atoms with E-state index < -0.39 is 0 Å². The average molecular weight is 481 g/mol. The Labute approximate surface area is 213 Å². The van der Waals surface area contributed by atoms with Crippen LogP contribution in [-0.2, 0) is 26.2 Å². The molecular weight excluding hydrogens is 452 g/mol. The molecule has 0 spiro atoms. The van der Waals surface area contributed by atoms with Crippen LogP contribution in [0.2, 0.25) is 0 Å². The summed E-state index contributed by atoms with van der Waals surface area (Å²) in [5, 5.41) is 0. The van der Waals surface area contributed by atoms with Crippen molar-refractivity contribution in [3.05, 3.63) is 144 Å². The molecule has 0 aliphatic heterocycles. The summed E-state index contributed by atoms with van der Waals surface area (Å²) >= 11 is 12.1. The third kappa shape index (κ3) is 6.83. The van der Waals surface area contributed by atoms with Crippen molar-refractivity contribution in [3.8, 4) is 0 Å². The first-order valence-electron chi connectivity index (χ1n) is 11.4. The van der Waals surface area contributed by atoms with Crippen molar-refractivity contribution in [2.24, 2.45) is 0 Å². The minimum absolute atomic E-state index is 0.703. The zero-order chi connectivity index (χ0) is 23.6. The molecule has 4 aromatic rings. The fraction of sp³-hybridized carbons (Fsp3) is 0.133. The molecule has 34 heavy (non-hydrogen) atoms. The van der Waals surface area contributed by atoms with E-state index in [4.69, 9.17) is 24.4 Å². The van der Waals surface area contributed by atoms with Gasteiger partial charge in [0.1, 0.15) is 9.98 Å². The average Bonchev–Trinajstić information content (AvgIpc) is 2.89. The molecule has 0 fully saturated rings. The first-order valence-corrected chi connectivity index (χ1v) is 12.2. The Morgan fingerprint density at radius 2 is 0.588 bits per heavy atom. The quantitative estimate of drug-likeness (QED) is 0.249. The summed E-state index contributed by atoms with van der Waals surface area (Å²) in [6, 6.07) is 41.7. The van der Waals surface area contributed by atoms with E-state index in [1.54, 1.807) is 0 Å². The van der Waals surface area contributed by atoms with Gasteiger partial charge in [0.15, 0.2) is 0 Å². The van der Waals surface area contributed by atoms with E-state index >= 15 is 0 Å². The second-order valence-electron chi connectivity index (χ2n) is 8.26. The molecule has 0 aliphatic carbocycles. The van der Waals surface area contributed by atoms with Crippen LogP contribution in [0.4, 0.5) is 0 Å². The summed E-state index contributed by atoms with van der Waals surface area (Å²) in [6.07, 6.45) is 0. The van der Waals surface area contributed by atoms with Gasteiger partial charge in [-0.3, -0.25) is 0 Å². The Morgan fingerprint density at radius 3 is 0.794 bits per heavy atom. The summed E-state index contributed by atoms with van der Waals surface area (Å²) in [6.45, 7) is 2.83. The van der Waals surface area contributed by atoms with Gasteiger partial charge in [0.2, 0.25) is 0 Å². The molecule has 0 bridgehead atoms. The molecule has 0 radical (unpaired) electrons. The van der Waals surface area contributed by atoms with Crippen molar-refractivity contribution in [1.82, 2.24) is 9.80 Å². The number of benzene rings is 4. The van der Waals surface area contributed by atoms with Crippen LogP contribution in [0.3, 0.4) is 0 Å². The Kier molecular flexibility index (Phi) is 8.55. The second-order valence-corrected chi connectivity index (χ2v) is 9.04. The molecule has 0 heterocycles. The molecule has 0 aromatic heterocycles. The van der Waals surface area contributed by atoms with E-state index in [9.17, 15) is 0 Å². The van der Waals surface area contributed by atoms with Gasteiger partial charge in [-0.05, 0) is 22.3 Å². The van der Waals surface area contributed by atoms with Crippen LogP contribution in [0.5, 0.6) is 0 Å². The molecule has 4 heteroatoms. The van der Waals surface area contributed by atoms with E-state index in [-0.39, 0.29) is 0 Å². The van der Waals surface area contributed by atoms with Crippen LogP contribution < -0.4 is 0 Å². The van der Waals surface area contributed by atoms with Gasteiger partial charge in [0.05, 0.1) is 0 Å². The molecule has 0 amide bonds. The highest BCUT2D eigenvalue weighted by Gasteiger charge is 2.21. The van der Waals surface area contributed by atoms with Crippen LogP contribution in [0.1, 0.15) is 22.3 Å². The lowest BCUT2D eigenvalue weighted by Gasteiger charge is -2.32. The lowest BCUT2D eigenvalue weighted by atomic mass is 10.1. The summed E-state index contributed by atoms with van der Waals surface area (Å²) < 4.78 is 0. The maximum Gasteiger partial charge on any atom is 0.137 e. The van der Waals surface area contributed by atoms with Gasteiger partial charge < -0.3 is 9.80 Å². The Balaban J connectivity index is 1.59. The zero-order valence-electron chi connectivity index (χ0n) is 19.1. The first-order chi connectivity index (χ1) is 16.7. The molecule has 0 saturated heterocycles. The van der Waals surface area contributed by atoms with Gasteiger partial charge in [0.25, 0.3) is 0 Å². The SMILES string of the molecule is S=C(C(=S)N(Cc1ccccc1)Cc1ccccc1)N(Cc1ccccc1)Cc1ccccc1. The lowest BCUT2D eigenvalue weighted by Crippen LogP contribution is -2.42. The smallest absolute Gasteiger partial charge is 0.137 e. The summed E-state index contributed by atoms with van der Waals surface area (Å²) in [5.41, 5.74) is 4.84. The normalized spacial score (nSPS) is 10.5. The van der Waals surface area contributed by atoms with Crippen molar-refractivity contribution >= 4 is 34.4 Å². The van der Waals surface area contributed by atoms with E-state index in [2.05, 4.69) is 107 Å². The molecular formula is C30H28N2S2. The van der Waals surface area contributed by atoms with Gasteiger partial charge in [-0.1, -0.05) is 146 Å². The van der Waals surface area contributed by atoms with Crippen LogP contribution in [0.25, 0.3) is 0 Å². The second kappa shape index (κ2) is 12.2. The Hall–Kier alpha value is -3.34. The first kappa shape index (κ1) is 23.8. The highest BCUT2D eigenvalue weighted by atomic mass is 32.1. The van der Waals surface area contributed by atoms with Gasteiger partial charge >= 0.3 is 0 Å². The van der Waals surface area contributed by atoms with Gasteiger partial charge in [-0.2, -0.15) is 0 Å². The summed E-state index contributed by atoms with van der Waals surface area (Å²) in [7, 11) is 0. The molecule has 4 aromatic carbocycles. The minimum atomic E-state index is 0.703. The van der Waals surface area contributed by atoms with Gasteiger partial charge in [0, 0.05) is 26.2 Å². The fourth-order valence-corrected chi connectivity index (χ4v) is 4.40. The molecule has 0 N–H and O–H groups in total. The fourth-order valence-electron chi connectivity index (χ4n) is 3.88. The number of hydrogen-bond acceptors (Lipinski definition) is 2. The summed E-state index contributed by atoms with van der Waals surface area (Å²) in [4.78, 5) is 5.83. The third-order valence-corrected chi connectivity index (χ3v) is 6.65. The highest BCUT2D eigenvalue weighted by molar-refractivity contribution is 7.89. The molecule has 0 saturated carbocycles. The monoisotopic (exact) mass is 480 g/mol. The Bertz CT molecular complexity index is 1000. The van der Waals surface area contributed by atoms with Crippen molar-refractivity contribution in [3.63, 3.8) is 0 Å². The predicted octanol–water partition coefficient (Wildman–Crippen LogP) is 7.05. The van der Waals surface area contributed by atoms with Crippen LogP contribution in [0.15, 0.2) is 121 Å². The Morgan fingerprint density at radius 1 is 0.382 bits per heavy atom. The van der Waals surface area contributed by atoms with E-state index in [0.717, 1.165) is 0 Å². The van der Waals surface area contributed by atoms with Crippen molar-refractivity contribution in [1.29, 1.82) is 0 Å². The standard InChI is InChI=1S/C30H28N2S2/c33-29(31(21-25-13-5-1-6-14-25)22-26-15-7-2-8-16-26)30(34)32(23-27-17-9-3-10-18-27)24-28-19-11-4-12-20-28/h1-20H,21-24H2. The largest absolute Gasteiger partial charge is 0.352 e. The molecule has 0 aliphatic rings. The van der Waals surface area contributed by atoms with E-state index in [0.29, 0.717) is 36.2 Å². The van der Waals surface area contributed by atoms with Gasteiger partial charge in [-0.25, -0.2) is 0 Å². The number of hydrogen-bond donors (Lipinski definition) is 0. The van der Waals surface area contributed by atoms with Crippen LogP contribution in [0, 0.1) is 0 Å². The topological polar surface area (TPSA) is 6.48 Å². The van der Waals surface area contributed by atoms with Gasteiger partial charge in [-0.15, -0.1) is 0 Å². The maximum atomic E-state index is 6.05. The molecule has 0 unspecified atom stereocenters. The zero-order valence-corrected chi connectivity index (χ0v) is 20.7. The molecule has 2 nitrogen and oxygen atoms in total. The third-order valence-electron chi connectivity index (χ3n) is 5.62.